The van der Waals surface area contributed by atoms with Crippen LogP contribution < -0.4 is 9.47 Å². The Morgan fingerprint density at radius 3 is 1.62 bits per heavy atom. The SMILES string of the molecule is COc1cccc2[nH]cc(C(C)c3c[nH]c4cccc(OC)c34)c12. The lowest BCUT2D eigenvalue weighted by Gasteiger charge is -2.13. The van der Waals surface area contributed by atoms with Gasteiger partial charge in [-0.1, -0.05) is 19.1 Å². The highest BCUT2D eigenvalue weighted by Crippen LogP contribution is 2.40. The lowest BCUT2D eigenvalue weighted by Crippen LogP contribution is -1.96. The van der Waals surface area contributed by atoms with Crippen molar-refractivity contribution in [1.29, 1.82) is 0 Å². The van der Waals surface area contributed by atoms with Crippen LogP contribution in [-0.4, -0.2) is 24.2 Å². The van der Waals surface area contributed by atoms with E-state index in [1.54, 1.807) is 14.2 Å². The Labute approximate surface area is 140 Å². The molecule has 2 aromatic heterocycles. The Kier molecular flexibility index (Phi) is 3.45. The van der Waals surface area contributed by atoms with Crippen LogP contribution in [0.25, 0.3) is 21.8 Å². The molecule has 0 saturated heterocycles. The van der Waals surface area contributed by atoms with Crippen molar-refractivity contribution >= 4 is 21.8 Å². The molecule has 0 aliphatic rings. The van der Waals surface area contributed by atoms with Gasteiger partial charge in [-0.3, -0.25) is 0 Å². The Morgan fingerprint density at radius 2 is 1.21 bits per heavy atom. The summed E-state index contributed by atoms with van der Waals surface area (Å²) in [4.78, 5) is 6.72. The van der Waals surface area contributed by atoms with E-state index in [0.717, 1.165) is 33.3 Å². The zero-order valence-corrected chi connectivity index (χ0v) is 14.0. The molecule has 0 unspecified atom stereocenters. The predicted molar refractivity (Wildman–Crippen MR) is 97.2 cm³/mol. The van der Waals surface area contributed by atoms with Gasteiger partial charge in [0.2, 0.25) is 0 Å². The molecule has 0 spiro atoms. The normalized spacial score (nSPS) is 11.5. The first-order valence-electron chi connectivity index (χ1n) is 8.02. The van der Waals surface area contributed by atoms with E-state index in [-0.39, 0.29) is 5.92 Å². The van der Waals surface area contributed by atoms with Gasteiger partial charge in [0.05, 0.1) is 14.2 Å². The number of H-pyrrole nitrogens is 2. The molecule has 2 heterocycles. The average molecular weight is 320 g/mol. The van der Waals surface area contributed by atoms with Gasteiger partial charge in [-0.2, -0.15) is 0 Å². The minimum absolute atomic E-state index is 0.195. The summed E-state index contributed by atoms with van der Waals surface area (Å²) in [6.07, 6.45) is 4.15. The van der Waals surface area contributed by atoms with Crippen molar-refractivity contribution < 1.29 is 9.47 Å². The summed E-state index contributed by atoms with van der Waals surface area (Å²) in [6, 6.07) is 12.2. The van der Waals surface area contributed by atoms with Crippen molar-refractivity contribution in [2.75, 3.05) is 14.2 Å². The number of rotatable bonds is 4. The van der Waals surface area contributed by atoms with Gasteiger partial charge in [0.1, 0.15) is 11.5 Å². The van der Waals surface area contributed by atoms with Crippen LogP contribution in [0.2, 0.25) is 0 Å². The first-order chi connectivity index (χ1) is 11.7. The molecule has 2 N–H and O–H groups in total. The Balaban J connectivity index is 1.93. The van der Waals surface area contributed by atoms with Gasteiger partial charge in [0.25, 0.3) is 0 Å². The number of nitrogens with one attached hydrogen (secondary N) is 2. The predicted octanol–water partition coefficient (Wildman–Crippen LogP) is 4.82. The maximum Gasteiger partial charge on any atom is 0.128 e. The molecule has 122 valence electrons. The number of benzene rings is 2. The number of aromatic amines is 2. The number of hydrogen-bond acceptors (Lipinski definition) is 2. The first kappa shape index (κ1) is 14.7. The van der Waals surface area contributed by atoms with E-state index in [9.17, 15) is 0 Å². The smallest absolute Gasteiger partial charge is 0.128 e. The van der Waals surface area contributed by atoms with Gasteiger partial charge >= 0.3 is 0 Å². The molecular weight excluding hydrogens is 300 g/mol. The van der Waals surface area contributed by atoms with E-state index >= 15 is 0 Å². The summed E-state index contributed by atoms with van der Waals surface area (Å²) >= 11 is 0. The highest BCUT2D eigenvalue weighted by Gasteiger charge is 2.20. The molecule has 0 amide bonds. The average Bonchev–Trinajstić information content (AvgIpc) is 3.25. The largest absolute Gasteiger partial charge is 0.496 e. The molecule has 4 nitrogen and oxygen atoms in total. The van der Waals surface area contributed by atoms with Crippen molar-refractivity contribution in [2.24, 2.45) is 0 Å². The monoisotopic (exact) mass is 320 g/mol. The first-order valence-corrected chi connectivity index (χ1v) is 8.02. The highest BCUT2D eigenvalue weighted by atomic mass is 16.5. The van der Waals surface area contributed by atoms with Crippen LogP contribution in [0.1, 0.15) is 24.0 Å². The quantitative estimate of drug-likeness (QED) is 0.566. The molecular formula is C20H20N2O2. The second-order valence-electron chi connectivity index (χ2n) is 5.98. The second-order valence-corrected chi connectivity index (χ2v) is 5.98. The third kappa shape index (κ3) is 2.07. The Morgan fingerprint density at radius 1 is 0.750 bits per heavy atom. The zero-order valence-electron chi connectivity index (χ0n) is 14.0. The van der Waals surface area contributed by atoms with Crippen molar-refractivity contribution in [3.8, 4) is 11.5 Å². The van der Waals surface area contributed by atoms with Crippen LogP contribution in [0, 0.1) is 0 Å². The highest BCUT2D eigenvalue weighted by molar-refractivity contribution is 5.93. The fourth-order valence-electron chi connectivity index (χ4n) is 3.54. The molecule has 4 heteroatoms. The van der Waals surface area contributed by atoms with E-state index in [4.69, 9.17) is 9.47 Å². The minimum Gasteiger partial charge on any atom is -0.496 e. The summed E-state index contributed by atoms with van der Waals surface area (Å²) in [7, 11) is 3.43. The summed E-state index contributed by atoms with van der Waals surface area (Å²) in [5.74, 6) is 1.98. The molecule has 0 aliphatic heterocycles. The minimum atomic E-state index is 0.195. The molecule has 4 rings (SSSR count). The molecule has 0 fully saturated rings. The van der Waals surface area contributed by atoms with Gasteiger partial charge in [-0.05, 0) is 35.4 Å². The maximum atomic E-state index is 5.57. The standard InChI is InChI=1S/C20H20N2O2/c1-12(13-10-21-15-6-4-8-17(23-2)19(13)15)14-11-22-16-7-5-9-18(24-3)20(14)16/h4-12,21-22H,1-3H3. The van der Waals surface area contributed by atoms with Crippen LogP contribution >= 0.6 is 0 Å². The molecule has 4 aromatic rings. The molecule has 2 aromatic carbocycles. The molecule has 0 bridgehead atoms. The Bertz CT molecular complexity index is 931. The van der Waals surface area contributed by atoms with Crippen LogP contribution in [0.3, 0.4) is 0 Å². The van der Waals surface area contributed by atoms with Crippen molar-refractivity contribution in [3.05, 3.63) is 59.9 Å². The van der Waals surface area contributed by atoms with Gasteiger partial charge in [0.15, 0.2) is 0 Å². The molecule has 0 saturated carbocycles. The summed E-state index contributed by atoms with van der Waals surface area (Å²) in [5.41, 5.74) is 4.61. The summed E-state index contributed by atoms with van der Waals surface area (Å²) in [5, 5.41) is 2.27. The fraction of sp³-hybridized carbons (Fsp3) is 0.200. The third-order valence-electron chi connectivity index (χ3n) is 4.77. The fourth-order valence-corrected chi connectivity index (χ4v) is 3.54. The van der Waals surface area contributed by atoms with Gasteiger partial charge < -0.3 is 19.4 Å². The number of fused-ring (bicyclic) bond motifs is 2. The molecule has 0 radical (unpaired) electrons. The molecule has 24 heavy (non-hydrogen) atoms. The number of ether oxygens (including phenoxy) is 2. The van der Waals surface area contributed by atoms with Crippen LogP contribution in [0.15, 0.2) is 48.8 Å². The lowest BCUT2D eigenvalue weighted by molar-refractivity contribution is 0.419. The van der Waals surface area contributed by atoms with Crippen LogP contribution in [0.5, 0.6) is 11.5 Å². The number of hydrogen-bond donors (Lipinski definition) is 2. The summed E-state index contributed by atoms with van der Waals surface area (Å²) in [6.45, 7) is 2.21. The lowest BCUT2D eigenvalue weighted by atomic mass is 9.92. The van der Waals surface area contributed by atoms with Crippen molar-refractivity contribution in [3.63, 3.8) is 0 Å². The van der Waals surface area contributed by atoms with Gasteiger partial charge in [-0.25, -0.2) is 0 Å². The Hall–Kier alpha value is -2.88. The van der Waals surface area contributed by atoms with Crippen LogP contribution in [0.4, 0.5) is 0 Å². The molecule has 0 atom stereocenters. The van der Waals surface area contributed by atoms with E-state index < -0.39 is 0 Å². The van der Waals surface area contributed by atoms with Crippen molar-refractivity contribution in [2.45, 2.75) is 12.8 Å². The molecule has 0 aliphatic carbocycles. The van der Waals surface area contributed by atoms with Gasteiger partial charge in [0, 0.05) is 40.1 Å². The summed E-state index contributed by atoms with van der Waals surface area (Å²) < 4.78 is 11.1. The van der Waals surface area contributed by atoms with Crippen LogP contribution in [-0.2, 0) is 0 Å². The maximum absolute atomic E-state index is 5.57. The van der Waals surface area contributed by atoms with Crippen molar-refractivity contribution in [1.82, 2.24) is 9.97 Å². The number of methoxy groups -OCH3 is 2. The topological polar surface area (TPSA) is 50.0 Å². The number of aromatic nitrogens is 2. The van der Waals surface area contributed by atoms with Gasteiger partial charge in [-0.15, -0.1) is 0 Å². The second kappa shape index (κ2) is 5.64. The van der Waals surface area contributed by atoms with E-state index in [1.165, 1.54) is 11.1 Å². The zero-order chi connectivity index (χ0) is 16.7. The van der Waals surface area contributed by atoms with E-state index in [2.05, 4.69) is 41.4 Å². The third-order valence-corrected chi connectivity index (χ3v) is 4.77. The van der Waals surface area contributed by atoms with E-state index in [0.29, 0.717) is 0 Å². The van der Waals surface area contributed by atoms with E-state index in [1.807, 2.05) is 24.3 Å².